The number of hydrogen-bond acceptors (Lipinski definition) is 2. The summed E-state index contributed by atoms with van der Waals surface area (Å²) in [5, 5.41) is 3.44. The fourth-order valence-corrected chi connectivity index (χ4v) is 1.17. The van der Waals surface area contributed by atoms with Gasteiger partial charge in [-0.15, -0.1) is 0 Å². The maximum absolute atomic E-state index is 3.44. The van der Waals surface area contributed by atoms with Crippen LogP contribution < -0.4 is 5.32 Å². The van der Waals surface area contributed by atoms with Crippen molar-refractivity contribution >= 4 is 0 Å². The molecule has 0 aliphatic heterocycles. The van der Waals surface area contributed by atoms with Crippen LogP contribution in [0, 0.1) is 5.92 Å². The number of likely N-dealkylation sites (N-methyl/N-ethyl adjacent to an activating group) is 1. The van der Waals surface area contributed by atoms with Gasteiger partial charge in [-0.3, -0.25) is 0 Å². The van der Waals surface area contributed by atoms with E-state index in [9.17, 15) is 0 Å². The second kappa shape index (κ2) is 7.56. The molecule has 0 radical (unpaired) electrons. The van der Waals surface area contributed by atoms with Crippen LogP contribution in [0.3, 0.4) is 0 Å². The summed E-state index contributed by atoms with van der Waals surface area (Å²) in [5.41, 5.74) is 0. The Morgan fingerprint density at radius 2 is 1.75 bits per heavy atom. The molecule has 2 nitrogen and oxygen atoms in total. The van der Waals surface area contributed by atoms with Crippen LogP contribution in [0.4, 0.5) is 0 Å². The Morgan fingerprint density at radius 3 is 2.17 bits per heavy atom. The van der Waals surface area contributed by atoms with Crippen LogP contribution in [-0.2, 0) is 0 Å². The monoisotopic (exact) mass is 172 g/mol. The van der Waals surface area contributed by atoms with E-state index in [2.05, 4.69) is 37.9 Å². The minimum absolute atomic E-state index is 0.765. The normalized spacial score (nSPS) is 11.5. The van der Waals surface area contributed by atoms with Crippen molar-refractivity contribution < 1.29 is 0 Å². The summed E-state index contributed by atoms with van der Waals surface area (Å²) in [6.45, 7) is 14.7. The van der Waals surface area contributed by atoms with E-state index in [1.54, 1.807) is 0 Å². The molecule has 0 fully saturated rings. The highest BCUT2D eigenvalue weighted by Crippen LogP contribution is 1.88. The second-order valence-electron chi connectivity index (χ2n) is 3.62. The molecular weight excluding hydrogens is 148 g/mol. The molecule has 0 aliphatic rings. The Kier molecular flexibility index (Phi) is 7.51. The third kappa shape index (κ3) is 6.62. The average molecular weight is 172 g/mol. The van der Waals surface area contributed by atoms with Gasteiger partial charge in [0.15, 0.2) is 0 Å². The summed E-state index contributed by atoms with van der Waals surface area (Å²) < 4.78 is 0. The molecule has 2 heteroatoms. The zero-order valence-corrected chi connectivity index (χ0v) is 9.06. The number of nitrogens with one attached hydrogen (secondary N) is 1. The zero-order chi connectivity index (χ0) is 9.40. The second-order valence-corrected chi connectivity index (χ2v) is 3.62. The maximum atomic E-state index is 3.44. The minimum Gasteiger partial charge on any atom is -0.315 e. The highest BCUT2D eigenvalue weighted by Gasteiger charge is 1.97. The van der Waals surface area contributed by atoms with Crippen molar-refractivity contribution in [3.63, 3.8) is 0 Å². The summed E-state index contributed by atoms with van der Waals surface area (Å²) in [5.74, 6) is 0.765. The van der Waals surface area contributed by atoms with Crippen LogP contribution in [0.1, 0.15) is 27.7 Å². The molecule has 0 saturated carbocycles. The lowest BCUT2D eigenvalue weighted by atomic mass is 10.2. The Labute approximate surface area is 77.3 Å². The molecule has 0 heterocycles. The van der Waals surface area contributed by atoms with E-state index in [0.29, 0.717) is 0 Å². The molecule has 74 valence electrons. The van der Waals surface area contributed by atoms with Crippen molar-refractivity contribution in [2.75, 3.05) is 32.7 Å². The van der Waals surface area contributed by atoms with Crippen LogP contribution in [0.2, 0.25) is 0 Å². The SMILES string of the molecule is CCN(CC)CCNCC(C)C. The van der Waals surface area contributed by atoms with E-state index in [1.807, 2.05) is 0 Å². The Bertz CT molecular complexity index is 87.8. The van der Waals surface area contributed by atoms with Gasteiger partial charge in [-0.05, 0) is 25.6 Å². The number of hydrogen-bond donors (Lipinski definition) is 1. The first-order valence-electron chi connectivity index (χ1n) is 5.13. The fraction of sp³-hybridized carbons (Fsp3) is 1.00. The fourth-order valence-electron chi connectivity index (χ4n) is 1.17. The highest BCUT2D eigenvalue weighted by atomic mass is 15.1. The predicted octanol–water partition coefficient (Wildman–Crippen LogP) is 1.57. The van der Waals surface area contributed by atoms with Gasteiger partial charge in [0.2, 0.25) is 0 Å². The topological polar surface area (TPSA) is 15.3 Å². The summed E-state index contributed by atoms with van der Waals surface area (Å²) >= 11 is 0. The van der Waals surface area contributed by atoms with E-state index >= 15 is 0 Å². The van der Waals surface area contributed by atoms with Gasteiger partial charge in [-0.25, -0.2) is 0 Å². The molecular formula is C10H24N2. The van der Waals surface area contributed by atoms with Crippen molar-refractivity contribution in [2.45, 2.75) is 27.7 Å². The highest BCUT2D eigenvalue weighted by molar-refractivity contribution is 4.56. The van der Waals surface area contributed by atoms with Crippen molar-refractivity contribution in [2.24, 2.45) is 5.92 Å². The first kappa shape index (κ1) is 11.9. The maximum Gasteiger partial charge on any atom is 0.0107 e. The molecule has 0 aromatic carbocycles. The summed E-state index contributed by atoms with van der Waals surface area (Å²) in [6.07, 6.45) is 0. The summed E-state index contributed by atoms with van der Waals surface area (Å²) in [6, 6.07) is 0. The van der Waals surface area contributed by atoms with Crippen molar-refractivity contribution in [1.82, 2.24) is 10.2 Å². The van der Waals surface area contributed by atoms with Gasteiger partial charge in [-0.1, -0.05) is 27.7 Å². The van der Waals surface area contributed by atoms with Crippen LogP contribution in [0.15, 0.2) is 0 Å². The van der Waals surface area contributed by atoms with Gasteiger partial charge in [0, 0.05) is 13.1 Å². The van der Waals surface area contributed by atoms with Gasteiger partial charge in [0.25, 0.3) is 0 Å². The van der Waals surface area contributed by atoms with Crippen LogP contribution in [0.5, 0.6) is 0 Å². The van der Waals surface area contributed by atoms with E-state index in [0.717, 1.165) is 19.0 Å². The van der Waals surface area contributed by atoms with Crippen LogP contribution in [-0.4, -0.2) is 37.6 Å². The van der Waals surface area contributed by atoms with Crippen molar-refractivity contribution in [3.8, 4) is 0 Å². The molecule has 0 amide bonds. The lowest BCUT2D eigenvalue weighted by molar-refractivity contribution is 0.300. The van der Waals surface area contributed by atoms with Gasteiger partial charge < -0.3 is 10.2 Å². The molecule has 0 unspecified atom stereocenters. The third-order valence-corrected chi connectivity index (χ3v) is 2.05. The average Bonchev–Trinajstić information content (AvgIpc) is 2.04. The number of rotatable bonds is 7. The lowest BCUT2D eigenvalue weighted by Gasteiger charge is -2.18. The van der Waals surface area contributed by atoms with Gasteiger partial charge >= 0.3 is 0 Å². The van der Waals surface area contributed by atoms with E-state index in [1.165, 1.54) is 19.6 Å². The molecule has 0 saturated heterocycles. The first-order chi connectivity index (χ1) is 5.70. The lowest BCUT2D eigenvalue weighted by Crippen LogP contribution is -2.33. The molecule has 12 heavy (non-hydrogen) atoms. The molecule has 0 atom stereocenters. The van der Waals surface area contributed by atoms with Gasteiger partial charge in [0.1, 0.15) is 0 Å². The molecule has 0 spiro atoms. The minimum atomic E-state index is 0.765. The zero-order valence-electron chi connectivity index (χ0n) is 9.06. The van der Waals surface area contributed by atoms with Crippen molar-refractivity contribution in [1.29, 1.82) is 0 Å². The smallest absolute Gasteiger partial charge is 0.0107 e. The Morgan fingerprint density at radius 1 is 1.17 bits per heavy atom. The summed E-state index contributed by atoms with van der Waals surface area (Å²) in [4.78, 5) is 2.44. The number of nitrogens with zero attached hydrogens (tertiary/aromatic N) is 1. The molecule has 0 aromatic rings. The quantitative estimate of drug-likeness (QED) is 0.586. The molecule has 1 N–H and O–H groups in total. The van der Waals surface area contributed by atoms with E-state index in [4.69, 9.17) is 0 Å². The van der Waals surface area contributed by atoms with Crippen molar-refractivity contribution in [3.05, 3.63) is 0 Å². The molecule has 0 aliphatic carbocycles. The third-order valence-electron chi connectivity index (χ3n) is 2.05. The van der Waals surface area contributed by atoms with Gasteiger partial charge in [-0.2, -0.15) is 0 Å². The molecule has 0 aromatic heterocycles. The largest absolute Gasteiger partial charge is 0.315 e. The standard InChI is InChI=1S/C10H24N2/c1-5-12(6-2)8-7-11-9-10(3)4/h10-11H,5-9H2,1-4H3. The molecule has 0 rings (SSSR count). The van der Waals surface area contributed by atoms with E-state index < -0.39 is 0 Å². The first-order valence-corrected chi connectivity index (χ1v) is 5.13. The predicted molar refractivity (Wildman–Crippen MR) is 55.5 cm³/mol. The van der Waals surface area contributed by atoms with Crippen LogP contribution >= 0.6 is 0 Å². The van der Waals surface area contributed by atoms with Crippen LogP contribution in [0.25, 0.3) is 0 Å². The van der Waals surface area contributed by atoms with Gasteiger partial charge in [0.05, 0.1) is 0 Å². The molecule has 0 bridgehead atoms. The Hall–Kier alpha value is -0.0800. The Balaban J connectivity index is 3.17. The van der Waals surface area contributed by atoms with E-state index in [-0.39, 0.29) is 0 Å². The summed E-state index contributed by atoms with van der Waals surface area (Å²) in [7, 11) is 0.